The maximum Gasteiger partial charge on any atom is 0.253 e. The Bertz CT molecular complexity index is 214. The Morgan fingerprint density at radius 1 is 1.25 bits per heavy atom. The number of carbonyl (C=O) groups excluding carboxylic acids is 1. The first-order chi connectivity index (χ1) is 7.38. The van der Waals surface area contributed by atoms with Crippen LogP contribution in [0.3, 0.4) is 0 Å². The Hall–Kier alpha value is -0.360. The third-order valence-electron chi connectivity index (χ3n) is 2.74. The fourth-order valence-corrected chi connectivity index (χ4v) is 1.89. The van der Waals surface area contributed by atoms with Gasteiger partial charge in [0, 0.05) is 32.8 Å². The van der Waals surface area contributed by atoms with Gasteiger partial charge >= 0.3 is 0 Å². The lowest BCUT2D eigenvalue weighted by Gasteiger charge is -2.28. The minimum absolute atomic E-state index is 0. The molecule has 16 heavy (non-hydrogen) atoms. The second-order valence-electron chi connectivity index (χ2n) is 3.85. The van der Waals surface area contributed by atoms with Crippen LogP contribution in [0.15, 0.2) is 0 Å². The first kappa shape index (κ1) is 13.7. The van der Waals surface area contributed by atoms with Crippen molar-refractivity contribution in [2.75, 3.05) is 46.0 Å². The molecule has 0 aliphatic carbocycles. The molecule has 0 aromatic rings. The predicted octanol–water partition coefficient (Wildman–Crippen LogP) is -0.354. The molecule has 2 aliphatic heterocycles. The normalized spacial score (nSPS) is 26.8. The van der Waals surface area contributed by atoms with E-state index in [0.717, 1.165) is 26.1 Å². The van der Waals surface area contributed by atoms with Gasteiger partial charge in [-0.05, 0) is 6.42 Å². The average molecular weight is 251 g/mol. The molecule has 2 saturated heterocycles. The van der Waals surface area contributed by atoms with E-state index >= 15 is 0 Å². The minimum Gasteiger partial charge on any atom is -0.380 e. The zero-order valence-corrected chi connectivity index (χ0v) is 10.1. The van der Waals surface area contributed by atoms with Crippen LogP contribution in [0.4, 0.5) is 0 Å². The van der Waals surface area contributed by atoms with Gasteiger partial charge in [-0.3, -0.25) is 4.79 Å². The molecule has 5 nitrogen and oxygen atoms in total. The summed E-state index contributed by atoms with van der Waals surface area (Å²) in [6.07, 6.45) is 0.628. The molecule has 94 valence electrons. The fourth-order valence-electron chi connectivity index (χ4n) is 1.89. The van der Waals surface area contributed by atoms with Crippen LogP contribution in [0.5, 0.6) is 0 Å². The highest BCUT2D eigenvalue weighted by Crippen LogP contribution is 2.06. The van der Waals surface area contributed by atoms with Crippen LogP contribution in [-0.4, -0.2) is 62.9 Å². The summed E-state index contributed by atoms with van der Waals surface area (Å²) in [6.45, 7) is 4.99. The van der Waals surface area contributed by atoms with Crippen LogP contribution < -0.4 is 5.32 Å². The highest BCUT2D eigenvalue weighted by atomic mass is 35.5. The van der Waals surface area contributed by atoms with E-state index in [1.54, 1.807) is 0 Å². The van der Waals surface area contributed by atoms with Crippen LogP contribution in [0.1, 0.15) is 6.42 Å². The number of hydrogen-bond donors (Lipinski definition) is 1. The van der Waals surface area contributed by atoms with Gasteiger partial charge in [-0.2, -0.15) is 0 Å². The zero-order chi connectivity index (χ0) is 10.5. The largest absolute Gasteiger partial charge is 0.380 e. The Morgan fingerprint density at radius 3 is 2.88 bits per heavy atom. The lowest BCUT2D eigenvalue weighted by molar-refractivity contribution is -0.145. The number of rotatable bonds is 1. The molecule has 0 saturated carbocycles. The molecule has 6 heteroatoms. The van der Waals surface area contributed by atoms with E-state index in [4.69, 9.17) is 9.47 Å². The van der Waals surface area contributed by atoms with E-state index < -0.39 is 0 Å². The number of morpholine rings is 1. The van der Waals surface area contributed by atoms with Crippen LogP contribution in [0.2, 0.25) is 0 Å². The van der Waals surface area contributed by atoms with Crippen molar-refractivity contribution in [3.05, 3.63) is 0 Å². The summed E-state index contributed by atoms with van der Waals surface area (Å²) in [4.78, 5) is 13.9. The molecule has 1 N–H and O–H groups in total. The summed E-state index contributed by atoms with van der Waals surface area (Å²) in [6, 6.07) is 0. The molecule has 0 bridgehead atoms. The number of halogens is 1. The summed E-state index contributed by atoms with van der Waals surface area (Å²) in [5.74, 6) is 0.104. The molecule has 0 unspecified atom stereocenters. The molecular weight excluding hydrogens is 232 g/mol. The van der Waals surface area contributed by atoms with Crippen molar-refractivity contribution in [2.24, 2.45) is 0 Å². The number of nitrogens with one attached hydrogen (secondary N) is 1. The zero-order valence-electron chi connectivity index (χ0n) is 9.31. The molecule has 2 fully saturated rings. The van der Waals surface area contributed by atoms with E-state index in [9.17, 15) is 4.79 Å². The molecule has 0 radical (unpaired) electrons. The van der Waals surface area contributed by atoms with Crippen LogP contribution >= 0.6 is 12.4 Å². The number of ether oxygens (including phenoxy) is 2. The molecule has 0 aromatic carbocycles. The molecular formula is C10H19ClN2O3. The van der Waals surface area contributed by atoms with E-state index in [-0.39, 0.29) is 24.4 Å². The molecule has 2 rings (SSSR count). The van der Waals surface area contributed by atoms with E-state index in [0.29, 0.717) is 26.3 Å². The van der Waals surface area contributed by atoms with Gasteiger partial charge in [-0.1, -0.05) is 0 Å². The molecule has 0 spiro atoms. The maximum atomic E-state index is 12.0. The predicted molar refractivity (Wildman–Crippen MR) is 61.9 cm³/mol. The molecule has 0 aromatic heterocycles. The van der Waals surface area contributed by atoms with Gasteiger partial charge in [-0.15, -0.1) is 12.4 Å². The number of hydrogen-bond acceptors (Lipinski definition) is 4. The summed E-state index contributed by atoms with van der Waals surface area (Å²) >= 11 is 0. The fraction of sp³-hybridized carbons (Fsp3) is 0.900. The van der Waals surface area contributed by atoms with E-state index in [2.05, 4.69) is 5.32 Å². The first-order valence-electron chi connectivity index (χ1n) is 5.57. The second kappa shape index (κ2) is 7.06. The summed E-state index contributed by atoms with van der Waals surface area (Å²) < 4.78 is 10.8. The maximum absolute atomic E-state index is 12.0. The number of nitrogens with zero attached hydrogens (tertiary/aromatic N) is 1. The first-order valence-corrected chi connectivity index (χ1v) is 5.57. The van der Waals surface area contributed by atoms with Gasteiger partial charge in [0.1, 0.15) is 6.10 Å². The van der Waals surface area contributed by atoms with Crippen molar-refractivity contribution < 1.29 is 14.3 Å². The third kappa shape index (κ3) is 3.59. The number of amides is 1. The highest BCUT2D eigenvalue weighted by molar-refractivity contribution is 5.85. The topological polar surface area (TPSA) is 50.8 Å². The van der Waals surface area contributed by atoms with Crippen LogP contribution in [0.25, 0.3) is 0 Å². The quantitative estimate of drug-likeness (QED) is 0.691. The molecule has 1 amide bonds. The van der Waals surface area contributed by atoms with Gasteiger partial charge in [0.15, 0.2) is 0 Å². The van der Waals surface area contributed by atoms with Crippen molar-refractivity contribution in [3.63, 3.8) is 0 Å². The van der Waals surface area contributed by atoms with Crippen molar-refractivity contribution >= 4 is 18.3 Å². The van der Waals surface area contributed by atoms with E-state index in [1.165, 1.54) is 0 Å². The van der Waals surface area contributed by atoms with Gasteiger partial charge in [-0.25, -0.2) is 0 Å². The summed E-state index contributed by atoms with van der Waals surface area (Å²) in [7, 11) is 0. The van der Waals surface area contributed by atoms with Gasteiger partial charge < -0.3 is 19.7 Å². The molecule has 1 atom stereocenters. The Kier molecular flexibility index (Phi) is 6.05. The van der Waals surface area contributed by atoms with Crippen LogP contribution in [0, 0.1) is 0 Å². The van der Waals surface area contributed by atoms with Crippen LogP contribution in [-0.2, 0) is 14.3 Å². The van der Waals surface area contributed by atoms with Crippen molar-refractivity contribution in [1.29, 1.82) is 0 Å². The Labute approximate surface area is 102 Å². The average Bonchev–Trinajstić information content (AvgIpc) is 2.58. The Morgan fingerprint density at radius 2 is 2.12 bits per heavy atom. The van der Waals surface area contributed by atoms with Gasteiger partial charge in [0.2, 0.25) is 0 Å². The number of carbonyl (C=O) groups is 1. The van der Waals surface area contributed by atoms with E-state index in [1.807, 2.05) is 4.90 Å². The van der Waals surface area contributed by atoms with Crippen molar-refractivity contribution in [2.45, 2.75) is 12.5 Å². The minimum atomic E-state index is -0.295. The third-order valence-corrected chi connectivity index (χ3v) is 2.74. The van der Waals surface area contributed by atoms with Gasteiger partial charge in [0.25, 0.3) is 5.91 Å². The second-order valence-corrected chi connectivity index (χ2v) is 3.85. The Balaban J connectivity index is 0.00000128. The highest BCUT2D eigenvalue weighted by Gasteiger charge is 2.27. The molecule has 2 aliphatic rings. The lowest BCUT2D eigenvalue weighted by atomic mass is 10.2. The monoisotopic (exact) mass is 250 g/mol. The lowest BCUT2D eigenvalue weighted by Crippen LogP contribution is -2.50. The van der Waals surface area contributed by atoms with Crippen molar-refractivity contribution in [3.8, 4) is 0 Å². The molecule has 2 heterocycles. The SMILES string of the molecule is Cl.O=C([C@@H]1CNCCO1)N1CCCOCC1. The smallest absolute Gasteiger partial charge is 0.253 e. The standard InChI is InChI=1S/C10H18N2O3.ClH/c13-10(9-8-11-2-6-15-9)12-3-1-5-14-7-4-12;/h9,11H,1-8H2;1H/t9-;/m0./s1. The summed E-state index contributed by atoms with van der Waals surface area (Å²) in [5.41, 5.74) is 0. The van der Waals surface area contributed by atoms with Gasteiger partial charge in [0.05, 0.1) is 13.2 Å². The summed E-state index contributed by atoms with van der Waals surface area (Å²) in [5, 5.41) is 3.17. The van der Waals surface area contributed by atoms with Crippen molar-refractivity contribution in [1.82, 2.24) is 10.2 Å².